The molecule has 6 heteroatoms. The lowest BCUT2D eigenvalue weighted by Crippen LogP contribution is -2.63. The summed E-state index contributed by atoms with van der Waals surface area (Å²) in [5.74, 6) is 2.34. The Bertz CT molecular complexity index is 854. The van der Waals surface area contributed by atoms with Crippen molar-refractivity contribution in [3.05, 3.63) is 24.1 Å². The second-order valence-electron chi connectivity index (χ2n) is 11.0. The number of nitrogens with zero attached hydrogens (tertiary/aromatic N) is 1. The number of aldehydes is 1. The summed E-state index contributed by atoms with van der Waals surface area (Å²) in [4.78, 5) is 28.4. The first-order valence-electron chi connectivity index (χ1n) is 11.8. The number of aliphatic carboxylic acids is 1. The Morgan fingerprint density at radius 2 is 2.16 bits per heavy atom. The van der Waals surface area contributed by atoms with Gasteiger partial charge in [-0.05, 0) is 48.9 Å². The van der Waals surface area contributed by atoms with Crippen molar-refractivity contribution >= 4 is 24.0 Å². The van der Waals surface area contributed by atoms with Crippen LogP contribution in [0, 0.1) is 45.8 Å². The van der Waals surface area contributed by atoms with Gasteiger partial charge in [0.15, 0.2) is 6.23 Å². The number of carbonyl (C=O) groups is 2. The van der Waals surface area contributed by atoms with Crippen molar-refractivity contribution in [2.75, 3.05) is 18.6 Å². The van der Waals surface area contributed by atoms with Gasteiger partial charge in [0.05, 0.1) is 5.41 Å². The number of ether oxygens (including phenoxy) is 1. The zero-order valence-corrected chi connectivity index (χ0v) is 19.9. The van der Waals surface area contributed by atoms with Gasteiger partial charge in [0.2, 0.25) is 0 Å². The number of carbonyl (C=O) groups excluding carboxylic acids is 1. The van der Waals surface area contributed by atoms with Crippen molar-refractivity contribution in [3.63, 3.8) is 0 Å². The van der Waals surface area contributed by atoms with Gasteiger partial charge >= 0.3 is 5.97 Å². The first-order valence-corrected chi connectivity index (χ1v) is 12.9. The Morgan fingerprint density at radius 3 is 2.77 bits per heavy atom. The van der Waals surface area contributed by atoms with E-state index in [1.807, 2.05) is 25.0 Å². The maximum Gasteiger partial charge on any atom is 0.315 e. The molecule has 0 aromatic carbocycles. The largest absolute Gasteiger partial charge is 0.481 e. The molecule has 1 unspecified atom stereocenters. The third-order valence-electron chi connectivity index (χ3n) is 9.73. The molecule has 1 aliphatic heterocycles. The average Bonchev–Trinajstić information content (AvgIpc) is 3.42. The van der Waals surface area contributed by atoms with E-state index in [-0.39, 0.29) is 29.4 Å². The van der Waals surface area contributed by atoms with Gasteiger partial charge in [-0.1, -0.05) is 38.8 Å². The summed E-state index contributed by atoms with van der Waals surface area (Å²) in [6.45, 7) is 6.52. The normalized spacial score (nSPS) is 46.9. The van der Waals surface area contributed by atoms with Crippen molar-refractivity contribution in [1.29, 1.82) is 0 Å². The Kier molecular flexibility index (Phi) is 4.86. The lowest BCUT2D eigenvalue weighted by atomic mass is 9.43. The number of allylic oxidation sites excluding steroid dienone is 1. The Hall–Kier alpha value is -1.43. The summed E-state index contributed by atoms with van der Waals surface area (Å²) in [7, 11) is 2.01. The predicted molar refractivity (Wildman–Crippen MR) is 121 cm³/mol. The van der Waals surface area contributed by atoms with Gasteiger partial charge in [0.25, 0.3) is 0 Å². The molecule has 0 spiro atoms. The number of carboxylic acids is 1. The van der Waals surface area contributed by atoms with E-state index < -0.39 is 16.8 Å². The highest BCUT2D eigenvalue weighted by Crippen LogP contribution is 2.83. The summed E-state index contributed by atoms with van der Waals surface area (Å²) in [6, 6.07) is 0. The van der Waals surface area contributed by atoms with Crippen LogP contribution in [-0.4, -0.2) is 47.0 Å². The molecule has 5 rings (SSSR count). The van der Waals surface area contributed by atoms with Crippen molar-refractivity contribution in [3.8, 4) is 0 Å². The molecule has 3 saturated carbocycles. The van der Waals surface area contributed by atoms with Crippen LogP contribution in [0.4, 0.5) is 0 Å². The second kappa shape index (κ2) is 7.03. The van der Waals surface area contributed by atoms with Crippen LogP contribution in [0.3, 0.4) is 0 Å². The maximum atomic E-state index is 13.4. The minimum Gasteiger partial charge on any atom is -0.481 e. The quantitative estimate of drug-likeness (QED) is 0.463. The van der Waals surface area contributed by atoms with Gasteiger partial charge in [-0.2, -0.15) is 11.8 Å². The third-order valence-corrected chi connectivity index (χ3v) is 11.0. The second-order valence-corrected chi connectivity index (χ2v) is 12.1. The lowest BCUT2D eigenvalue weighted by Gasteiger charge is -2.58. The van der Waals surface area contributed by atoms with Crippen LogP contribution in [0.15, 0.2) is 24.1 Å². The molecule has 5 nitrogen and oxygen atoms in total. The van der Waals surface area contributed by atoms with E-state index in [4.69, 9.17) is 4.74 Å². The summed E-state index contributed by atoms with van der Waals surface area (Å²) in [6.07, 6.45) is 10.8. The van der Waals surface area contributed by atoms with Gasteiger partial charge < -0.3 is 19.5 Å². The highest BCUT2D eigenvalue weighted by atomic mass is 32.2. The molecule has 8 atom stereocenters. The molecule has 0 saturated heterocycles. The van der Waals surface area contributed by atoms with Crippen molar-refractivity contribution < 1.29 is 19.4 Å². The molecule has 5 aliphatic rings. The molecular formula is C25H35NO4S. The van der Waals surface area contributed by atoms with Gasteiger partial charge in [-0.15, -0.1) is 0 Å². The van der Waals surface area contributed by atoms with Crippen molar-refractivity contribution in [2.24, 2.45) is 45.8 Å². The van der Waals surface area contributed by atoms with Crippen LogP contribution in [0.1, 0.15) is 46.5 Å². The van der Waals surface area contributed by atoms with Crippen LogP contribution in [-0.2, 0) is 14.3 Å². The summed E-state index contributed by atoms with van der Waals surface area (Å²) < 4.78 is 5.70. The highest BCUT2D eigenvalue weighted by molar-refractivity contribution is 7.99. The minimum absolute atomic E-state index is 0.00339. The van der Waals surface area contributed by atoms with E-state index in [0.29, 0.717) is 11.8 Å². The Balaban J connectivity index is 1.58. The fourth-order valence-corrected chi connectivity index (χ4v) is 10.1. The Labute approximate surface area is 189 Å². The third kappa shape index (κ3) is 2.41. The molecule has 170 valence electrons. The van der Waals surface area contributed by atoms with Crippen LogP contribution >= 0.6 is 11.8 Å². The molecule has 4 aliphatic carbocycles. The topological polar surface area (TPSA) is 66.8 Å². The Morgan fingerprint density at radius 1 is 1.39 bits per heavy atom. The smallest absolute Gasteiger partial charge is 0.315 e. The molecule has 0 amide bonds. The van der Waals surface area contributed by atoms with E-state index in [1.165, 1.54) is 0 Å². The van der Waals surface area contributed by atoms with E-state index in [0.717, 1.165) is 49.0 Å². The van der Waals surface area contributed by atoms with E-state index in [9.17, 15) is 14.7 Å². The fourth-order valence-electron chi connectivity index (χ4n) is 8.55. The average molecular weight is 446 g/mol. The van der Waals surface area contributed by atoms with E-state index >= 15 is 0 Å². The molecule has 0 aromatic heterocycles. The molecule has 0 aromatic rings. The molecule has 1 heterocycles. The van der Waals surface area contributed by atoms with E-state index in [1.54, 1.807) is 6.26 Å². The number of hydrogen-bond acceptors (Lipinski definition) is 5. The van der Waals surface area contributed by atoms with Gasteiger partial charge in [-0.25, -0.2) is 0 Å². The standard InChI is InChI=1S/C25H35NO4S/c1-15(2)20-9-17-10-23(13-27)19-6-5-16(3)18(19)11-24(17,25(20,23)22(28)29)14-31-12-21-26(4)7-8-30-21/h7-9,13,15-19,21H,5-6,10-12,14H2,1-4H3,(H,28,29)/t16-,17+,18-,19-,21?,23-,24+,25+/m1/s1. The molecule has 31 heavy (non-hydrogen) atoms. The summed E-state index contributed by atoms with van der Waals surface area (Å²) in [5, 5.41) is 11.0. The molecular weight excluding hydrogens is 410 g/mol. The van der Waals surface area contributed by atoms with Crippen LogP contribution in [0.5, 0.6) is 0 Å². The molecule has 4 bridgehead atoms. The molecule has 0 radical (unpaired) electrons. The minimum atomic E-state index is -1.06. The van der Waals surface area contributed by atoms with Crippen molar-refractivity contribution in [2.45, 2.75) is 52.7 Å². The maximum absolute atomic E-state index is 13.4. The van der Waals surface area contributed by atoms with Crippen molar-refractivity contribution in [1.82, 2.24) is 4.90 Å². The number of rotatable bonds is 7. The van der Waals surface area contributed by atoms with Gasteiger partial charge in [-0.3, -0.25) is 4.79 Å². The van der Waals surface area contributed by atoms with Crippen LogP contribution in [0.2, 0.25) is 0 Å². The summed E-state index contributed by atoms with van der Waals surface area (Å²) in [5.41, 5.74) is -1.17. The van der Waals surface area contributed by atoms with E-state index in [2.05, 4.69) is 31.7 Å². The molecule has 3 fully saturated rings. The molecule has 1 N–H and O–H groups in total. The fraction of sp³-hybridized carbons (Fsp3) is 0.760. The first kappa shape index (κ1) is 21.4. The zero-order valence-electron chi connectivity index (χ0n) is 19.0. The summed E-state index contributed by atoms with van der Waals surface area (Å²) >= 11 is 1.81. The number of carboxylic acid groups (broad SMARTS) is 1. The monoisotopic (exact) mass is 445 g/mol. The van der Waals surface area contributed by atoms with Gasteiger partial charge in [0.1, 0.15) is 18.0 Å². The predicted octanol–water partition coefficient (Wildman–Crippen LogP) is 4.40. The first-order chi connectivity index (χ1) is 14.7. The SMILES string of the molecule is CC(C)C1=C[C@H]2C[C@@]3(C=O)[C@@H]4CC[C@@H](C)[C@H]4C[C@@]2(CSCC2OC=CN2C)[C@]13C(=O)O. The number of thioether (sulfide) groups is 1. The highest BCUT2D eigenvalue weighted by Gasteiger charge is 2.84. The zero-order chi connectivity index (χ0) is 22.2. The van der Waals surface area contributed by atoms with Gasteiger partial charge in [0, 0.05) is 30.2 Å². The number of hydrogen-bond donors (Lipinski definition) is 1. The van der Waals surface area contributed by atoms with Crippen LogP contribution in [0.25, 0.3) is 0 Å². The number of fused-ring (bicyclic) bond motifs is 2. The van der Waals surface area contributed by atoms with Crippen LogP contribution < -0.4 is 0 Å². The lowest BCUT2D eigenvalue weighted by molar-refractivity contribution is -0.177.